The van der Waals surface area contributed by atoms with Crippen molar-refractivity contribution >= 4 is 32.4 Å². The van der Waals surface area contributed by atoms with Crippen LogP contribution in [0.2, 0.25) is 0 Å². The van der Waals surface area contributed by atoms with Crippen LogP contribution in [0, 0.1) is 0 Å². The van der Waals surface area contributed by atoms with Crippen molar-refractivity contribution in [3.05, 3.63) is 72.3 Å². The second-order valence-corrected chi connectivity index (χ2v) is 7.90. The van der Waals surface area contributed by atoms with E-state index in [0.29, 0.717) is 11.1 Å². The minimum absolute atomic E-state index is 0.00548. The third kappa shape index (κ3) is 3.86. The van der Waals surface area contributed by atoms with Gasteiger partial charge in [0.25, 0.3) is 10.0 Å². The molecule has 0 aliphatic carbocycles. The molecule has 0 aliphatic rings. The number of nitrogens with one attached hydrogen (secondary N) is 1. The van der Waals surface area contributed by atoms with E-state index in [9.17, 15) is 13.2 Å². The van der Waals surface area contributed by atoms with Crippen LogP contribution >= 0.6 is 0 Å². The number of amides is 1. The molecule has 0 unspecified atom stereocenters. The van der Waals surface area contributed by atoms with Crippen molar-refractivity contribution in [2.75, 3.05) is 18.8 Å². The molecule has 0 aliphatic heterocycles. The topological polar surface area (TPSA) is 66.5 Å². The summed E-state index contributed by atoms with van der Waals surface area (Å²) in [6.45, 7) is 0. The van der Waals surface area contributed by atoms with Crippen LogP contribution in [0.5, 0.6) is 0 Å². The van der Waals surface area contributed by atoms with Gasteiger partial charge in [-0.2, -0.15) is 0 Å². The van der Waals surface area contributed by atoms with Crippen molar-refractivity contribution < 1.29 is 13.2 Å². The highest BCUT2D eigenvalue weighted by atomic mass is 32.2. The Morgan fingerprint density at radius 1 is 0.923 bits per heavy atom. The summed E-state index contributed by atoms with van der Waals surface area (Å²) in [6.07, 6.45) is 0.281. The van der Waals surface area contributed by atoms with Crippen LogP contribution in [0.3, 0.4) is 0 Å². The van der Waals surface area contributed by atoms with Crippen LogP contribution in [0.1, 0.15) is 5.56 Å². The number of hydrogen-bond donors (Lipinski definition) is 1. The SMILES string of the molecule is CN(C)C(=O)Cc1ccc(NS(=O)(=O)c2cccc3ccccc23)cc1. The van der Waals surface area contributed by atoms with E-state index in [4.69, 9.17) is 0 Å². The van der Waals surface area contributed by atoms with Crippen molar-refractivity contribution in [3.8, 4) is 0 Å². The van der Waals surface area contributed by atoms with E-state index in [2.05, 4.69) is 4.72 Å². The number of nitrogens with zero attached hydrogens (tertiary/aromatic N) is 1. The van der Waals surface area contributed by atoms with E-state index in [1.54, 1.807) is 56.6 Å². The van der Waals surface area contributed by atoms with Gasteiger partial charge in [0, 0.05) is 25.2 Å². The molecule has 3 aromatic carbocycles. The van der Waals surface area contributed by atoms with Gasteiger partial charge in [0.05, 0.1) is 11.3 Å². The van der Waals surface area contributed by atoms with Crippen molar-refractivity contribution in [2.45, 2.75) is 11.3 Å². The lowest BCUT2D eigenvalue weighted by Crippen LogP contribution is -2.23. The fraction of sp³-hybridized carbons (Fsp3) is 0.150. The number of carbonyl (C=O) groups is 1. The Hall–Kier alpha value is -2.86. The van der Waals surface area contributed by atoms with E-state index >= 15 is 0 Å². The van der Waals surface area contributed by atoms with E-state index < -0.39 is 10.0 Å². The molecule has 1 amide bonds. The number of hydrogen-bond acceptors (Lipinski definition) is 3. The highest BCUT2D eigenvalue weighted by Crippen LogP contribution is 2.25. The Morgan fingerprint density at radius 3 is 2.27 bits per heavy atom. The van der Waals surface area contributed by atoms with Crippen LogP contribution in [0.4, 0.5) is 5.69 Å². The third-order valence-electron chi connectivity index (χ3n) is 4.10. The lowest BCUT2D eigenvalue weighted by molar-refractivity contribution is -0.127. The summed E-state index contributed by atoms with van der Waals surface area (Å²) >= 11 is 0. The number of anilines is 1. The van der Waals surface area contributed by atoms with Crippen molar-refractivity contribution in [1.29, 1.82) is 0 Å². The van der Waals surface area contributed by atoms with E-state index in [-0.39, 0.29) is 17.2 Å². The van der Waals surface area contributed by atoms with Crippen molar-refractivity contribution in [2.24, 2.45) is 0 Å². The molecule has 0 saturated carbocycles. The number of fused-ring (bicyclic) bond motifs is 1. The minimum Gasteiger partial charge on any atom is -0.349 e. The summed E-state index contributed by atoms with van der Waals surface area (Å²) in [6, 6.07) is 19.4. The zero-order valence-corrected chi connectivity index (χ0v) is 15.5. The van der Waals surface area contributed by atoms with Crippen molar-refractivity contribution in [3.63, 3.8) is 0 Å². The average molecular weight is 368 g/mol. The molecule has 134 valence electrons. The summed E-state index contributed by atoms with van der Waals surface area (Å²) in [5.74, 6) is -0.00548. The summed E-state index contributed by atoms with van der Waals surface area (Å²) in [7, 11) is -0.308. The van der Waals surface area contributed by atoms with E-state index in [1.807, 2.05) is 24.3 Å². The normalized spacial score (nSPS) is 11.3. The van der Waals surface area contributed by atoms with Gasteiger partial charge in [-0.15, -0.1) is 0 Å². The molecule has 0 atom stereocenters. The highest BCUT2D eigenvalue weighted by molar-refractivity contribution is 7.93. The van der Waals surface area contributed by atoms with Gasteiger partial charge in [-0.25, -0.2) is 8.42 Å². The molecule has 0 aromatic heterocycles. The molecular weight excluding hydrogens is 348 g/mol. The first-order chi connectivity index (χ1) is 12.4. The molecule has 0 bridgehead atoms. The minimum atomic E-state index is -3.71. The molecule has 0 radical (unpaired) electrons. The lowest BCUT2D eigenvalue weighted by Gasteiger charge is -2.12. The molecular formula is C20H20N2O3S. The summed E-state index contributed by atoms with van der Waals surface area (Å²) in [5.41, 5.74) is 1.29. The zero-order valence-electron chi connectivity index (χ0n) is 14.6. The number of likely N-dealkylation sites (N-methyl/N-ethyl adjacent to an activating group) is 1. The lowest BCUT2D eigenvalue weighted by atomic mass is 10.1. The van der Waals surface area contributed by atoms with Gasteiger partial charge < -0.3 is 4.90 Å². The van der Waals surface area contributed by atoms with E-state index in [1.165, 1.54) is 4.90 Å². The van der Waals surface area contributed by atoms with Crippen LogP contribution in [-0.2, 0) is 21.2 Å². The van der Waals surface area contributed by atoms with Crippen molar-refractivity contribution in [1.82, 2.24) is 4.90 Å². The van der Waals surface area contributed by atoms with Gasteiger partial charge in [0.15, 0.2) is 0 Å². The monoisotopic (exact) mass is 368 g/mol. The Bertz CT molecular complexity index is 1040. The van der Waals surface area contributed by atoms with E-state index in [0.717, 1.165) is 10.9 Å². The van der Waals surface area contributed by atoms with Gasteiger partial charge in [0.1, 0.15) is 0 Å². The Morgan fingerprint density at radius 2 is 1.58 bits per heavy atom. The predicted molar refractivity (Wildman–Crippen MR) is 104 cm³/mol. The molecule has 0 saturated heterocycles. The molecule has 3 aromatic rings. The largest absolute Gasteiger partial charge is 0.349 e. The van der Waals surface area contributed by atoms with Crippen LogP contribution in [-0.4, -0.2) is 33.3 Å². The first-order valence-electron chi connectivity index (χ1n) is 8.16. The fourth-order valence-corrected chi connectivity index (χ4v) is 3.95. The fourth-order valence-electron chi connectivity index (χ4n) is 2.66. The third-order valence-corrected chi connectivity index (χ3v) is 5.54. The van der Waals surface area contributed by atoms with Gasteiger partial charge in [-0.1, -0.05) is 48.5 Å². The highest BCUT2D eigenvalue weighted by Gasteiger charge is 2.17. The summed E-state index contributed by atoms with van der Waals surface area (Å²) in [5, 5.41) is 1.55. The smallest absolute Gasteiger partial charge is 0.262 e. The molecule has 5 nitrogen and oxygen atoms in total. The first kappa shape index (κ1) is 17.9. The molecule has 0 fully saturated rings. The Labute approximate surface area is 153 Å². The Balaban J connectivity index is 1.84. The van der Waals surface area contributed by atoms with Crippen LogP contribution in [0.15, 0.2) is 71.6 Å². The molecule has 0 spiro atoms. The van der Waals surface area contributed by atoms with Gasteiger partial charge >= 0.3 is 0 Å². The van der Waals surface area contributed by atoms with Gasteiger partial charge in [-0.05, 0) is 29.1 Å². The summed E-state index contributed by atoms with van der Waals surface area (Å²) in [4.78, 5) is 13.5. The maximum Gasteiger partial charge on any atom is 0.262 e. The molecule has 0 heterocycles. The molecule has 6 heteroatoms. The molecule has 26 heavy (non-hydrogen) atoms. The maximum absolute atomic E-state index is 12.8. The standard InChI is InChI=1S/C20H20N2O3S/c1-22(2)20(23)14-15-10-12-17(13-11-15)21-26(24,25)19-9-5-7-16-6-3-4-8-18(16)19/h3-13,21H,14H2,1-2H3. The van der Waals surface area contributed by atoms with Crippen LogP contribution < -0.4 is 4.72 Å². The van der Waals surface area contributed by atoms with Gasteiger partial charge in [-0.3, -0.25) is 9.52 Å². The number of sulfonamides is 1. The summed E-state index contributed by atoms with van der Waals surface area (Å²) < 4.78 is 28.2. The number of carbonyl (C=O) groups excluding carboxylic acids is 1. The predicted octanol–water partition coefficient (Wildman–Crippen LogP) is 3.27. The van der Waals surface area contributed by atoms with Gasteiger partial charge in [0.2, 0.25) is 5.91 Å². The average Bonchev–Trinajstić information content (AvgIpc) is 2.62. The second-order valence-electron chi connectivity index (χ2n) is 6.24. The second kappa shape index (κ2) is 7.17. The molecule has 3 rings (SSSR count). The quantitative estimate of drug-likeness (QED) is 0.752. The molecule has 1 N–H and O–H groups in total. The Kier molecular flexibility index (Phi) is 4.95. The van der Waals surface area contributed by atoms with Crippen LogP contribution in [0.25, 0.3) is 10.8 Å². The number of benzene rings is 3. The maximum atomic E-state index is 12.8. The number of rotatable bonds is 5. The first-order valence-corrected chi connectivity index (χ1v) is 9.65. The zero-order chi connectivity index (χ0) is 18.7.